The minimum Gasteiger partial charge on any atom is -0.258 e. The predicted octanol–water partition coefficient (Wildman–Crippen LogP) is 5.58. The highest BCUT2D eigenvalue weighted by Gasteiger charge is 2.31. The molecule has 104 valence electrons. The third-order valence-corrected chi connectivity index (χ3v) is 4.16. The molecule has 0 aliphatic rings. The fraction of sp³-hybridized carbons (Fsp3) is 0.0769. The summed E-state index contributed by atoms with van der Waals surface area (Å²) in [7, 11) is 0. The first-order valence-electron chi connectivity index (χ1n) is 5.40. The van der Waals surface area contributed by atoms with E-state index in [1.165, 1.54) is 12.1 Å². The average molecular weight is 351 g/mol. The molecule has 0 radical (unpaired) electrons. The molecule has 0 fully saturated rings. The molecule has 0 aromatic heterocycles. The molecule has 2 rings (SSSR count). The van der Waals surface area contributed by atoms with E-state index in [2.05, 4.69) is 0 Å². The molecule has 0 amide bonds. The lowest BCUT2D eigenvalue weighted by atomic mass is 10.0. The van der Waals surface area contributed by atoms with Crippen LogP contribution in [-0.4, -0.2) is 4.92 Å². The molecule has 7 heteroatoms. The number of hydrogen-bond donors (Lipinski definition) is 0. The quantitative estimate of drug-likeness (QED) is 0.412. The van der Waals surface area contributed by atoms with Crippen LogP contribution in [0.5, 0.6) is 0 Å². The molecule has 0 aliphatic carbocycles. The third-order valence-electron chi connectivity index (χ3n) is 2.71. The van der Waals surface area contributed by atoms with Crippen molar-refractivity contribution in [1.82, 2.24) is 0 Å². The molecule has 0 saturated heterocycles. The maximum atomic E-state index is 10.9. The van der Waals surface area contributed by atoms with Crippen molar-refractivity contribution in [3.63, 3.8) is 0 Å². The Bertz CT molecular complexity index is 656. The van der Waals surface area contributed by atoms with E-state index < -0.39 is 9.26 Å². The van der Waals surface area contributed by atoms with E-state index in [9.17, 15) is 10.1 Å². The van der Waals surface area contributed by atoms with E-state index in [1.54, 1.807) is 30.3 Å². The summed E-state index contributed by atoms with van der Waals surface area (Å²) >= 11 is 24.2. The largest absolute Gasteiger partial charge is 0.288 e. The second kappa shape index (κ2) is 5.78. The summed E-state index contributed by atoms with van der Waals surface area (Å²) in [5.41, 5.74) is 0.671. The van der Waals surface area contributed by atoms with Gasteiger partial charge in [-0.05, 0) is 29.3 Å². The summed E-state index contributed by atoms with van der Waals surface area (Å²) in [4.78, 5) is 10.3. The molecule has 0 heterocycles. The summed E-state index contributed by atoms with van der Waals surface area (Å²) in [6.45, 7) is 0. The highest BCUT2D eigenvalue weighted by atomic mass is 35.5. The van der Waals surface area contributed by atoms with Gasteiger partial charge in [0.25, 0.3) is 5.69 Å². The Morgan fingerprint density at radius 1 is 0.950 bits per heavy atom. The fourth-order valence-corrected chi connectivity index (χ4v) is 2.47. The van der Waals surface area contributed by atoms with Gasteiger partial charge in [0.15, 0.2) is 4.33 Å². The maximum Gasteiger partial charge on any atom is 0.288 e. The smallest absolute Gasteiger partial charge is 0.258 e. The van der Waals surface area contributed by atoms with Crippen molar-refractivity contribution in [2.24, 2.45) is 0 Å². The zero-order chi connectivity index (χ0) is 14.9. The van der Waals surface area contributed by atoms with E-state index in [1.807, 2.05) is 0 Å². The van der Waals surface area contributed by atoms with Crippen LogP contribution in [0.1, 0.15) is 11.1 Å². The number of nitro groups is 1. The molecule has 0 saturated carbocycles. The number of rotatable bonds is 3. The van der Waals surface area contributed by atoms with Gasteiger partial charge in [0, 0.05) is 11.1 Å². The summed E-state index contributed by atoms with van der Waals surface area (Å²) < 4.78 is -1.43. The highest BCUT2D eigenvalue weighted by Crippen LogP contribution is 2.43. The Morgan fingerprint density at radius 3 is 2.05 bits per heavy atom. The topological polar surface area (TPSA) is 43.1 Å². The van der Waals surface area contributed by atoms with Crippen molar-refractivity contribution in [2.75, 3.05) is 0 Å². The van der Waals surface area contributed by atoms with E-state index in [0.717, 1.165) is 0 Å². The van der Waals surface area contributed by atoms with Crippen LogP contribution in [0.3, 0.4) is 0 Å². The van der Waals surface area contributed by atoms with Gasteiger partial charge < -0.3 is 0 Å². The lowest BCUT2D eigenvalue weighted by molar-refractivity contribution is -0.384. The van der Waals surface area contributed by atoms with Crippen LogP contribution in [0, 0.1) is 10.1 Å². The number of benzene rings is 2. The Kier molecular flexibility index (Phi) is 4.45. The Hall–Kier alpha value is -1.00. The van der Waals surface area contributed by atoms with E-state index >= 15 is 0 Å². The van der Waals surface area contributed by atoms with Crippen molar-refractivity contribution < 1.29 is 4.92 Å². The highest BCUT2D eigenvalue weighted by molar-refractivity contribution is 6.50. The molecule has 2 aromatic rings. The van der Waals surface area contributed by atoms with Gasteiger partial charge in [-0.15, -0.1) is 0 Å². The summed E-state index contributed by atoms with van der Waals surface area (Å²) in [6, 6.07) is 10.8. The van der Waals surface area contributed by atoms with Gasteiger partial charge in [-0.25, -0.2) is 0 Å². The fourth-order valence-electron chi connectivity index (χ4n) is 1.67. The van der Waals surface area contributed by atoms with E-state index in [0.29, 0.717) is 16.1 Å². The Morgan fingerprint density at radius 2 is 1.50 bits per heavy atom. The first kappa shape index (κ1) is 15.4. The first-order chi connectivity index (χ1) is 9.32. The van der Waals surface area contributed by atoms with Crippen molar-refractivity contribution in [1.29, 1.82) is 0 Å². The van der Waals surface area contributed by atoms with Crippen molar-refractivity contribution in [3.8, 4) is 0 Å². The van der Waals surface area contributed by atoms with Crippen LogP contribution < -0.4 is 0 Å². The number of halogens is 4. The van der Waals surface area contributed by atoms with Crippen LogP contribution in [0.15, 0.2) is 42.5 Å². The monoisotopic (exact) mass is 349 g/mol. The van der Waals surface area contributed by atoms with Crippen LogP contribution in [0.2, 0.25) is 10.0 Å². The lowest BCUT2D eigenvalue weighted by Gasteiger charge is -2.20. The zero-order valence-electron chi connectivity index (χ0n) is 9.82. The van der Waals surface area contributed by atoms with E-state index in [4.69, 9.17) is 46.4 Å². The van der Waals surface area contributed by atoms with Crippen LogP contribution in [0.25, 0.3) is 0 Å². The van der Waals surface area contributed by atoms with Crippen molar-refractivity contribution >= 4 is 52.1 Å². The average Bonchev–Trinajstić information content (AvgIpc) is 2.39. The molecule has 20 heavy (non-hydrogen) atoms. The molecule has 0 bridgehead atoms. The predicted molar refractivity (Wildman–Crippen MR) is 82.0 cm³/mol. The molecule has 0 unspecified atom stereocenters. The molecule has 0 aliphatic heterocycles. The van der Waals surface area contributed by atoms with Crippen LogP contribution in [-0.2, 0) is 4.33 Å². The maximum absolute atomic E-state index is 10.9. The normalized spacial score (nSPS) is 11.4. The molecule has 2 aromatic carbocycles. The summed E-state index contributed by atoms with van der Waals surface area (Å²) in [5, 5.41) is 11.5. The van der Waals surface area contributed by atoms with Gasteiger partial charge >= 0.3 is 0 Å². The Labute approximate surface area is 135 Å². The zero-order valence-corrected chi connectivity index (χ0v) is 12.8. The summed E-state index contributed by atoms with van der Waals surface area (Å²) in [6.07, 6.45) is 0. The molecular weight excluding hydrogens is 344 g/mol. The van der Waals surface area contributed by atoms with Gasteiger partial charge in [0.05, 0.1) is 4.92 Å². The van der Waals surface area contributed by atoms with Gasteiger partial charge in [0.2, 0.25) is 0 Å². The molecule has 0 N–H and O–H groups in total. The van der Waals surface area contributed by atoms with E-state index in [-0.39, 0.29) is 10.7 Å². The second-order valence-corrected chi connectivity index (χ2v) is 6.18. The number of alkyl halides is 2. The van der Waals surface area contributed by atoms with Gasteiger partial charge in [-0.1, -0.05) is 64.6 Å². The van der Waals surface area contributed by atoms with Crippen LogP contribution >= 0.6 is 46.4 Å². The molecule has 0 atom stereocenters. The van der Waals surface area contributed by atoms with Crippen molar-refractivity contribution in [3.05, 3.63) is 73.8 Å². The van der Waals surface area contributed by atoms with Crippen molar-refractivity contribution in [2.45, 2.75) is 4.33 Å². The van der Waals surface area contributed by atoms with Crippen LogP contribution in [0.4, 0.5) is 5.69 Å². The Balaban J connectivity index is 2.51. The standard InChI is InChI=1S/C13H7Cl4NO2/c14-10-4-1-8(2-5-10)13(16,17)9-3-6-11(15)12(7-9)18(19)20/h1-7H. The number of hydrogen-bond acceptors (Lipinski definition) is 2. The van der Waals surface area contributed by atoms with Gasteiger partial charge in [0.1, 0.15) is 5.02 Å². The second-order valence-electron chi connectivity index (χ2n) is 4.00. The first-order valence-corrected chi connectivity index (χ1v) is 6.92. The third kappa shape index (κ3) is 3.01. The minimum absolute atomic E-state index is 0.0268. The molecular formula is C13H7Cl4NO2. The van der Waals surface area contributed by atoms with Gasteiger partial charge in [-0.2, -0.15) is 0 Å². The van der Waals surface area contributed by atoms with Gasteiger partial charge in [-0.3, -0.25) is 10.1 Å². The lowest BCUT2D eigenvalue weighted by Crippen LogP contribution is -2.12. The number of nitrogens with zero attached hydrogens (tertiary/aromatic N) is 1. The SMILES string of the molecule is O=[N+]([O-])c1cc(C(Cl)(Cl)c2ccc(Cl)cc2)ccc1Cl. The number of nitro benzene ring substituents is 1. The summed E-state index contributed by atoms with van der Waals surface area (Å²) in [5.74, 6) is 0. The molecule has 3 nitrogen and oxygen atoms in total. The minimum atomic E-state index is -1.43. The molecule has 0 spiro atoms.